The molecule has 32 heavy (non-hydrogen) atoms. The van der Waals surface area contributed by atoms with Gasteiger partial charge < -0.3 is 10.1 Å². The van der Waals surface area contributed by atoms with E-state index >= 15 is 0 Å². The number of amides is 1. The highest BCUT2D eigenvalue weighted by atomic mass is 32.2. The van der Waals surface area contributed by atoms with Crippen LogP contribution < -0.4 is 10.1 Å². The zero-order valence-corrected chi connectivity index (χ0v) is 18.2. The van der Waals surface area contributed by atoms with Crippen LogP contribution in [0.4, 0.5) is 11.4 Å². The maximum atomic E-state index is 12.6. The summed E-state index contributed by atoms with van der Waals surface area (Å²) in [7, 11) is 1.47. The number of hydrogen-bond acceptors (Lipinski definition) is 6. The zero-order valence-electron chi connectivity index (χ0n) is 17.4. The number of para-hydroxylation sites is 2. The molecule has 0 heterocycles. The van der Waals surface area contributed by atoms with Crippen LogP contribution in [0.2, 0.25) is 0 Å². The predicted molar refractivity (Wildman–Crippen MR) is 124 cm³/mol. The molecule has 0 radical (unpaired) electrons. The van der Waals surface area contributed by atoms with Crippen LogP contribution in [0.15, 0.2) is 82.1 Å². The molecular formula is C24H19N3O4S. The van der Waals surface area contributed by atoms with Crippen LogP contribution in [0, 0.1) is 28.4 Å². The van der Waals surface area contributed by atoms with Gasteiger partial charge in [-0.05, 0) is 48.9 Å². The average Bonchev–Trinajstić information content (AvgIpc) is 2.79. The molecule has 0 aliphatic carbocycles. The van der Waals surface area contributed by atoms with E-state index in [-0.39, 0.29) is 11.3 Å². The first-order chi connectivity index (χ1) is 15.4. The number of benzene rings is 3. The predicted octanol–water partition coefficient (Wildman–Crippen LogP) is 5.61. The molecule has 0 aromatic heterocycles. The van der Waals surface area contributed by atoms with Gasteiger partial charge in [-0.3, -0.25) is 14.9 Å². The van der Waals surface area contributed by atoms with Crippen molar-refractivity contribution in [2.75, 3.05) is 12.4 Å². The van der Waals surface area contributed by atoms with Crippen LogP contribution in [-0.4, -0.2) is 17.9 Å². The average molecular weight is 446 g/mol. The van der Waals surface area contributed by atoms with E-state index in [0.717, 1.165) is 10.5 Å². The van der Waals surface area contributed by atoms with Gasteiger partial charge in [-0.25, -0.2) is 0 Å². The molecule has 3 aromatic rings. The Bertz CT molecular complexity index is 1230. The van der Waals surface area contributed by atoms with Crippen LogP contribution in [0.5, 0.6) is 5.75 Å². The summed E-state index contributed by atoms with van der Waals surface area (Å²) in [4.78, 5) is 25.1. The van der Waals surface area contributed by atoms with Crippen molar-refractivity contribution in [2.45, 2.75) is 16.7 Å². The molecule has 0 aliphatic rings. The Morgan fingerprint density at radius 2 is 1.88 bits per heavy atom. The molecule has 0 saturated heterocycles. The molecule has 3 rings (SSSR count). The van der Waals surface area contributed by atoms with Gasteiger partial charge in [0.2, 0.25) is 0 Å². The van der Waals surface area contributed by atoms with Gasteiger partial charge in [0.15, 0.2) is 0 Å². The van der Waals surface area contributed by atoms with Crippen molar-refractivity contribution in [1.29, 1.82) is 5.26 Å². The zero-order chi connectivity index (χ0) is 23.1. The van der Waals surface area contributed by atoms with E-state index in [2.05, 4.69) is 5.32 Å². The first-order valence-corrected chi connectivity index (χ1v) is 10.3. The molecule has 0 fully saturated rings. The third-order valence-electron chi connectivity index (χ3n) is 4.46. The lowest BCUT2D eigenvalue weighted by molar-refractivity contribution is -0.387. The minimum absolute atomic E-state index is 0.105. The lowest BCUT2D eigenvalue weighted by atomic mass is 10.1. The number of anilines is 1. The van der Waals surface area contributed by atoms with Crippen LogP contribution in [0.3, 0.4) is 0 Å². The van der Waals surface area contributed by atoms with E-state index in [1.54, 1.807) is 36.4 Å². The molecule has 0 saturated carbocycles. The Morgan fingerprint density at radius 1 is 1.16 bits per heavy atom. The van der Waals surface area contributed by atoms with Gasteiger partial charge in [-0.15, -0.1) is 0 Å². The Kier molecular flexibility index (Phi) is 7.26. The Morgan fingerprint density at radius 3 is 2.53 bits per heavy atom. The molecule has 7 nitrogen and oxygen atoms in total. The highest BCUT2D eigenvalue weighted by molar-refractivity contribution is 7.99. The Balaban J connectivity index is 1.87. The molecule has 3 aromatic carbocycles. The lowest BCUT2D eigenvalue weighted by Gasteiger charge is -2.09. The fourth-order valence-corrected chi connectivity index (χ4v) is 3.74. The van der Waals surface area contributed by atoms with Gasteiger partial charge in [0, 0.05) is 11.0 Å². The number of ether oxygens (including phenoxy) is 1. The number of hydrogen-bond donors (Lipinski definition) is 1. The van der Waals surface area contributed by atoms with Crippen LogP contribution >= 0.6 is 11.8 Å². The normalized spacial score (nSPS) is 10.8. The van der Waals surface area contributed by atoms with Crippen molar-refractivity contribution < 1.29 is 14.5 Å². The van der Waals surface area contributed by atoms with Crippen molar-refractivity contribution in [3.8, 4) is 11.8 Å². The van der Waals surface area contributed by atoms with Crippen molar-refractivity contribution >= 4 is 35.1 Å². The molecule has 0 atom stereocenters. The summed E-state index contributed by atoms with van der Waals surface area (Å²) in [5.74, 6) is -0.191. The second-order valence-electron chi connectivity index (χ2n) is 6.72. The lowest BCUT2D eigenvalue weighted by Crippen LogP contribution is -2.14. The van der Waals surface area contributed by atoms with E-state index in [0.29, 0.717) is 21.9 Å². The van der Waals surface area contributed by atoms with Gasteiger partial charge in [-0.2, -0.15) is 5.26 Å². The smallest absolute Gasteiger partial charge is 0.283 e. The minimum Gasteiger partial charge on any atom is -0.495 e. The fourth-order valence-electron chi connectivity index (χ4n) is 2.84. The molecule has 1 N–H and O–H groups in total. The molecule has 8 heteroatoms. The number of rotatable bonds is 7. The van der Waals surface area contributed by atoms with E-state index in [4.69, 9.17) is 4.74 Å². The molecule has 0 bridgehead atoms. The second-order valence-corrected chi connectivity index (χ2v) is 7.84. The van der Waals surface area contributed by atoms with Crippen LogP contribution in [-0.2, 0) is 4.79 Å². The standard InChI is InChI=1S/C24H19N3O4S/c1-16-7-10-19(11-8-16)32-23-12-9-17(14-21(23)27(29)30)13-18(15-25)24(28)26-20-5-3-4-6-22(20)31-2/h3-14H,1-2H3,(H,26,28)/b18-13+. The number of nitro groups is 1. The highest BCUT2D eigenvalue weighted by Gasteiger charge is 2.17. The van der Waals surface area contributed by atoms with Crippen molar-refractivity contribution in [3.63, 3.8) is 0 Å². The summed E-state index contributed by atoms with van der Waals surface area (Å²) in [5.41, 5.74) is 1.59. The summed E-state index contributed by atoms with van der Waals surface area (Å²) in [6.07, 6.45) is 1.32. The van der Waals surface area contributed by atoms with Gasteiger partial charge in [0.05, 0.1) is 22.6 Å². The number of aryl methyl sites for hydroxylation is 1. The molecule has 0 spiro atoms. The number of carbonyl (C=O) groups excluding carboxylic acids is 1. The second kappa shape index (κ2) is 10.3. The number of nitrogens with zero attached hydrogens (tertiary/aromatic N) is 2. The third-order valence-corrected chi connectivity index (χ3v) is 5.53. The van der Waals surface area contributed by atoms with Crippen molar-refractivity contribution in [1.82, 2.24) is 0 Å². The number of nitrogens with one attached hydrogen (secondary N) is 1. The molecule has 1 amide bonds. The summed E-state index contributed by atoms with van der Waals surface area (Å²) >= 11 is 1.28. The first kappa shape index (κ1) is 22.6. The van der Waals surface area contributed by atoms with Gasteiger partial charge in [0.25, 0.3) is 11.6 Å². The molecule has 0 unspecified atom stereocenters. The SMILES string of the molecule is COc1ccccc1NC(=O)/C(C#N)=C/c1ccc(Sc2ccc(C)cc2)c([N+](=O)[O-])c1. The van der Waals surface area contributed by atoms with Gasteiger partial charge in [-0.1, -0.05) is 47.7 Å². The van der Waals surface area contributed by atoms with Crippen LogP contribution in [0.1, 0.15) is 11.1 Å². The topological polar surface area (TPSA) is 105 Å². The van der Waals surface area contributed by atoms with E-state index in [1.807, 2.05) is 37.3 Å². The fraction of sp³-hybridized carbons (Fsp3) is 0.0833. The highest BCUT2D eigenvalue weighted by Crippen LogP contribution is 2.36. The number of methoxy groups -OCH3 is 1. The number of nitriles is 1. The molecular weight excluding hydrogens is 426 g/mol. The Hall–Kier alpha value is -4.09. The van der Waals surface area contributed by atoms with E-state index in [1.165, 1.54) is 31.0 Å². The summed E-state index contributed by atoms with van der Waals surface area (Å²) in [6.45, 7) is 1.97. The van der Waals surface area contributed by atoms with Gasteiger partial charge >= 0.3 is 0 Å². The summed E-state index contributed by atoms with van der Waals surface area (Å²) in [6, 6.07) is 20.9. The van der Waals surface area contributed by atoms with Gasteiger partial charge in [0.1, 0.15) is 17.4 Å². The summed E-state index contributed by atoms with van der Waals surface area (Å²) < 4.78 is 5.19. The number of carbonyl (C=O) groups is 1. The minimum atomic E-state index is -0.641. The maximum absolute atomic E-state index is 12.6. The largest absolute Gasteiger partial charge is 0.495 e. The number of nitro benzene ring substituents is 1. The molecule has 160 valence electrons. The van der Waals surface area contributed by atoms with E-state index in [9.17, 15) is 20.2 Å². The molecule has 0 aliphatic heterocycles. The van der Waals surface area contributed by atoms with E-state index < -0.39 is 10.8 Å². The van der Waals surface area contributed by atoms with Crippen LogP contribution in [0.25, 0.3) is 6.08 Å². The quantitative estimate of drug-likeness (QED) is 0.219. The maximum Gasteiger partial charge on any atom is 0.283 e. The van der Waals surface area contributed by atoms with Crippen molar-refractivity contribution in [2.24, 2.45) is 0 Å². The Labute approximate surface area is 189 Å². The first-order valence-electron chi connectivity index (χ1n) is 9.50. The third kappa shape index (κ3) is 5.53. The summed E-state index contributed by atoms with van der Waals surface area (Å²) in [5, 5.41) is 23.7. The van der Waals surface area contributed by atoms with Crippen molar-refractivity contribution in [3.05, 3.63) is 93.5 Å². The monoisotopic (exact) mass is 445 g/mol.